The average molecular weight is 307 g/mol. The lowest BCUT2D eigenvalue weighted by molar-refractivity contribution is -0.158. The van der Waals surface area contributed by atoms with Crippen LogP contribution >= 0.6 is 0 Å². The maximum atomic E-state index is 12.1. The predicted molar refractivity (Wildman–Crippen MR) is 78.5 cm³/mol. The molecule has 0 bridgehead atoms. The average Bonchev–Trinajstić information content (AvgIpc) is 2.50. The molecule has 1 aromatic rings. The molecule has 0 spiro atoms. The highest BCUT2D eigenvalue weighted by Gasteiger charge is 2.34. The molecule has 1 aliphatic carbocycles. The first-order valence-corrected chi connectivity index (χ1v) is 7.67. The van der Waals surface area contributed by atoms with E-state index in [9.17, 15) is 9.59 Å². The Kier molecular flexibility index (Phi) is 4.54. The zero-order chi connectivity index (χ0) is 15.5. The molecule has 1 amide bonds. The Hall–Kier alpha value is -1.73. The van der Waals surface area contributed by atoms with Gasteiger partial charge in [-0.2, -0.15) is 0 Å². The molecule has 3 unspecified atom stereocenters. The van der Waals surface area contributed by atoms with Crippen LogP contribution < -0.4 is 10.9 Å². The molecule has 0 radical (unpaired) electrons. The SMILES string of the molecule is Cc1cc(=O)n(CC(=O)NC2CCC3OCCOC3C2)cn1. The highest BCUT2D eigenvalue weighted by molar-refractivity contribution is 5.76. The number of hydrogen-bond acceptors (Lipinski definition) is 5. The van der Waals surface area contributed by atoms with Gasteiger partial charge < -0.3 is 14.8 Å². The fourth-order valence-corrected chi connectivity index (χ4v) is 3.06. The summed E-state index contributed by atoms with van der Waals surface area (Å²) in [6.45, 7) is 3.01. The van der Waals surface area contributed by atoms with Crippen LogP contribution in [0.2, 0.25) is 0 Å². The van der Waals surface area contributed by atoms with Gasteiger partial charge in [0.2, 0.25) is 5.91 Å². The van der Waals surface area contributed by atoms with Crippen LogP contribution in [0.1, 0.15) is 25.0 Å². The number of carbonyl (C=O) groups is 1. The van der Waals surface area contributed by atoms with Crippen LogP contribution in [-0.2, 0) is 20.8 Å². The summed E-state index contributed by atoms with van der Waals surface area (Å²) in [5.41, 5.74) is 0.435. The lowest BCUT2D eigenvalue weighted by Crippen LogP contribution is -2.50. The predicted octanol–water partition coefficient (Wildman–Crippen LogP) is 0.00442. The number of rotatable bonds is 3. The molecule has 22 heavy (non-hydrogen) atoms. The fourth-order valence-electron chi connectivity index (χ4n) is 3.06. The summed E-state index contributed by atoms with van der Waals surface area (Å²) in [5, 5.41) is 2.98. The lowest BCUT2D eigenvalue weighted by atomic mass is 9.89. The zero-order valence-electron chi connectivity index (χ0n) is 12.7. The van der Waals surface area contributed by atoms with Crippen molar-refractivity contribution in [3.05, 3.63) is 28.4 Å². The summed E-state index contributed by atoms with van der Waals surface area (Å²) < 4.78 is 12.7. The number of aryl methyl sites for hydroxylation is 1. The molecule has 1 aliphatic heterocycles. The van der Waals surface area contributed by atoms with Crippen LogP contribution in [0.4, 0.5) is 0 Å². The number of nitrogens with one attached hydrogen (secondary N) is 1. The van der Waals surface area contributed by atoms with Crippen molar-refractivity contribution in [2.75, 3.05) is 13.2 Å². The monoisotopic (exact) mass is 307 g/mol. The van der Waals surface area contributed by atoms with E-state index in [2.05, 4.69) is 10.3 Å². The van der Waals surface area contributed by atoms with Crippen LogP contribution in [0.5, 0.6) is 0 Å². The number of amides is 1. The van der Waals surface area contributed by atoms with Gasteiger partial charge in [-0.15, -0.1) is 0 Å². The highest BCUT2D eigenvalue weighted by atomic mass is 16.6. The van der Waals surface area contributed by atoms with E-state index in [0.29, 0.717) is 18.9 Å². The Bertz CT molecular complexity index is 601. The van der Waals surface area contributed by atoms with Gasteiger partial charge in [-0.1, -0.05) is 0 Å². The third kappa shape index (κ3) is 3.53. The van der Waals surface area contributed by atoms with Gasteiger partial charge in [0, 0.05) is 17.8 Å². The van der Waals surface area contributed by atoms with E-state index in [1.165, 1.54) is 17.0 Å². The van der Waals surface area contributed by atoms with Gasteiger partial charge in [0.25, 0.3) is 5.56 Å². The van der Waals surface area contributed by atoms with Gasteiger partial charge in [-0.3, -0.25) is 14.2 Å². The molecule has 2 fully saturated rings. The van der Waals surface area contributed by atoms with Crippen LogP contribution in [0.15, 0.2) is 17.2 Å². The second-order valence-electron chi connectivity index (χ2n) is 5.89. The van der Waals surface area contributed by atoms with Crippen molar-refractivity contribution < 1.29 is 14.3 Å². The highest BCUT2D eigenvalue weighted by Crippen LogP contribution is 2.26. The topological polar surface area (TPSA) is 82.5 Å². The Balaban J connectivity index is 1.54. The molecule has 7 heteroatoms. The molecule has 1 saturated carbocycles. The lowest BCUT2D eigenvalue weighted by Gasteiger charge is -2.39. The maximum absolute atomic E-state index is 12.1. The van der Waals surface area contributed by atoms with Crippen molar-refractivity contribution in [3.63, 3.8) is 0 Å². The molecule has 2 aliphatic rings. The molecule has 3 atom stereocenters. The van der Waals surface area contributed by atoms with Crippen LogP contribution in [0, 0.1) is 6.92 Å². The molecule has 2 heterocycles. The zero-order valence-corrected chi connectivity index (χ0v) is 12.7. The molecule has 1 N–H and O–H groups in total. The largest absolute Gasteiger partial charge is 0.373 e. The van der Waals surface area contributed by atoms with Crippen molar-refractivity contribution >= 4 is 5.91 Å². The minimum absolute atomic E-state index is 0.00589. The van der Waals surface area contributed by atoms with Gasteiger partial charge in [-0.05, 0) is 26.2 Å². The van der Waals surface area contributed by atoms with Crippen molar-refractivity contribution in [3.8, 4) is 0 Å². The minimum Gasteiger partial charge on any atom is -0.373 e. The van der Waals surface area contributed by atoms with E-state index < -0.39 is 0 Å². The van der Waals surface area contributed by atoms with Crippen molar-refractivity contribution in [2.45, 2.75) is 51.0 Å². The number of carbonyl (C=O) groups excluding carboxylic acids is 1. The molecular formula is C15H21N3O4. The third-order valence-corrected chi connectivity index (χ3v) is 4.17. The van der Waals surface area contributed by atoms with E-state index in [0.717, 1.165) is 19.3 Å². The second-order valence-corrected chi connectivity index (χ2v) is 5.89. The third-order valence-electron chi connectivity index (χ3n) is 4.17. The molecule has 1 aromatic heterocycles. The molecule has 3 rings (SSSR count). The Labute approximate surface area is 128 Å². The summed E-state index contributed by atoms with van der Waals surface area (Å²) in [6, 6.07) is 1.50. The molecular weight excluding hydrogens is 286 g/mol. The summed E-state index contributed by atoms with van der Waals surface area (Å²) in [5.74, 6) is -0.173. The van der Waals surface area contributed by atoms with Gasteiger partial charge in [0.05, 0.1) is 31.7 Å². The summed E-state index contributed by atoms with van der Waals surface area (Å²) in [7, 11) is 0. The summed E-state index contributed by atoms with van der Waals surface area (Å²) in [6.07, 6.45) is 4.16. The van der Waals surface area contributed by atoms with E-state index in [4.69, 9.17) is 9.47 Å². The minimum atomic E-state index is -0.213. The van der Waals surface area contributed by atoms with E-state index in [1.54, 1.807) is 6.92 Å². The van der Waals surface area contributed by atoms with Crippen molar-refractivity contribution in [1.29, 1.82) is 0 Å². The second kappa shape index (κ2) is 6.58. The van der Waals surface area contributed by atoms with E-state index in [1.807, 2.05) is 0 Å². The van der Waals surface area contributed by atoms with Gasteiger partial charge >= 0.3 is 0 Å². The molecule has 1 saturated heterocycles. The Morgan fingerprint density at radius 2 is 2.14 bits per heavy atom. The van der Waals surface area contributed by atoms with Crippen LogP contribution in [0.3, 0.4) is 0 Å². The fraction of sp³-hybridized carbons (Fsp3) is 0.667. The van der Waals surface area contributed by atoms with E-state index in [-0.39, 0.29) is 36.3 Å². The quantitative estimate of drug-likeness (QED) is 0.850. The number of ether oxygens (including phenoxy) is 2. The van der Waals surface area contributed by atoms with E-state index >= 15 is 0 Å². The maximum Gasteiger partial charge on any atom is 0.253 e. The van der Waals surface area contributed by atoms with Gasteiger partial charge in [-0.25, -0.2) is 4.98 Å². The van der Waals surface area contributed by atoms with Crippen molar-refractivity contribution in [2.24, 2.45) is 0 Å². The van der Waals surface area contributed by atoms with Gasteiger partial charge in [0.15, 0.2) is 0 Å². The standard InChI is InChI=1S/C15H21N3O4/c1-10-6-15(20)18(9-16-10)8-14(19)17-11-2-3-12-13(7-11)22-5-4-21-12/h6,9,11-13H,2-5,7-8H2,1H3,(H,17,19). The Morgan fingerprint density at radius 3 is 2.91 bits per heavy atom. The number of fused-ring (bicyclic) bond motifs is 1. The number of nitrogens with zero attached hydrogens (tertiary/aromatic N) is 2. The normalized spacial score (nSPS) is 28.0. The van der Waals surface area contributed by atoms with Gasteiger partial charge in [0.1, 0.15) is 6.54 Å². The first-order chi connectivity index (χ1) is 10.6. The summed E-state index contributed by atoms with van der Waals surface area (Å²) in [4.78, 5) is 27.9. The molecule has 120 valence electrons. The number of hydrogen-bond donors (Lipinski definition) is 1. The first kappa shape index (κ1) is 15.2. The molecule has 7 nitrogen and oxygen atoms in total. The Morgan fingerprint density at radius 1 is 1.36 bits per heavy atom. The molecule has 0 aromatic carbocycles. The van der Waals surface area contributed by atoms with Crippen LogP contribution in [-0.4, -0.2) is 46.9 Å². The first-order valence-electron chi connectivity index (χ1n) is 7.67. The smallest absolute Gasteiger partial charge is 0.253 e. The van der Waals surface area contributed by atoms with Crippen LogP contribution in [0.25, 0.3) is 0 Å². The van der Waals surface area contributed by atoms with Crippen molar-refractivity contribution in [1.82, 2.24) is 14.9 Å². The number of aromatic nitrogens is 2. The summed E-state index contributed by atoms with van der Waals surface area (Å²) >= 11 is 0.